The number of aryl methyl sites for hydroxylation is 1. The van der Waals surface area contributed by atoms with E-state index in [0.717, 1.165) is 22.3 Å². The van der Waals surface area contributed by atoms with Crippen molar-refractivity contribution in [2.45, 2.75) is 26.3 Å². The minimum atomic E-state index is -0.377. The second-order valence-electron chi connectivity index (χ2n) is 5.20. The Morgan fingerprint density at radius 3 is 2.73 bits per heavy atom. The number of esters is 1. The molecule has 2 N–H and O–H groups in total. The van der Waals surface area contributed by atoms with Gasteiger partial charge in [0.25, 0.3) is 0 Å². The molecule has 0 aliphatic rings. The molecule has 1 atom stereocenters. The zero-order valence-corrected chi connectivity index (χ0v) is 13.6. The van der Waals surface area contributed by atoms with Crippen LogP contribution < -0.4 is 5.73 Å². The van der Waals surface area contributed by atoms with Gasteiger partial charge < -0.3 is 10.5 Å². The van der Waals surface area contributed by atoms with Gasteiger partial charge >= 0.3 is 5.97 Å². The lowest BCUT2D eigenvalue weighted by molar-refractivity contribution is -0.143. The van der Waals surface area contributed by atoms with Crippen LogP contribution in [0.3, 0.4) is 0 Å². The van der Waals surface area contributed by atoms with Crippen LogP contribution in [0.25, 0.3) is 11.1 Å². The first-order chi connectivity index (χ1) is 10.5. The summed E-state index contributed by atoms with van der Waals surface area (Å²) in [5, 5.41) is 0.693. The van der Waals surface area contributed by atoms with Gasteiger partial charge in [0, 0.05) is 11.1 Å². The fourth-order valence-corrected chi connectivity index (χ4v) is 2.54. The highest BCUT2D eigenvalue weighted by Gasteiger charge is 2.14. The van der Waals surface area contributed by atoms with E-state index in [1.165, 1.54) is 0 Å². The van der Waals surface area contributed by atoms with Gasteiger partial charge in [0.05, 0.1) is 13.0 Å². The second kappa shape index (κ2) is 7.43. The van der Waals surface area contributed by atoms with Crippen molar-refractivity contribution in [1.82, 2.24) is 0 Å². The highest BCUT2D eigenvalue weighted by Crippen LogP contribution is 2.29. The van der Waals surface area contributed by atoms with Crippen LogP contribution in [-0.4, -0.2) is 12.6 Å². The van der Waals surface area contributed by atoms with Gasteiger partial charge in [-0.05, 0) is 54.3 Å². The van der Waals surface area contributed by atoms with Crippen LogP contribution in [0.2, 0.25) is 5.02 Å². The molecule has 0 aliphatic heterocycles. The summed E-state index contributed by atoms with van der Waals surface area (Å²) in [6, 6.07) is 13.3. The number of halogens is 1. The third-order valence-corrected chi connectivity index (χ3v) is 3.75. The van der Waals surface area contributed by atoms with E-state index in [0.29, 0.717) is 11.6 Å². The molecule has 0 radical (unpaired) electrons. The Morgan fingerprint density at radius 1 is 1.27 bits per heavy atom. The van der Waals surface area contributed by atoms with Crippen LogP contribution in [0.4, 0.5) is 0 Å². The number of carbonyl (C=O) groups is 1. The van der Waals surface area contributed by atoms with Gasteiger partial charge in [0.2, 0.25) is 0 Å². The van der Waals surface area contributed by atoms with Gasteiger partial charge in [-0.1, -0.05) is 35.9 Å². The van der Waals surface area contributed by atoms with E-state index in [1.807, 2.05) is 49.4 Å². The number of carbonyl (C=O) groups excluding carboxylic acids is 1. The van der Waals surface area contributed by atoms with E-state index in [9.17, 15) is 4.79 Å². The zero-order valence-electron chi connectivity index (χ0n) is 12.8. The number of rotatable bonds is 5. The first-order valence-electron chi connectivity index (χ1n) is 7.29. The largest absolute Gasteiger partial charge is 0.466 e. The molecular weight excluding hydrogens is 298 g/mol. The summed E-state index contributed by atoms with van der Waals surface area (Å²) in [4.78, 5) is 11.6. The highest BCUT2D eigenvalue weighted by molar-refractivity contribution is 6.30. The topological polar surface area (TPSA) is 52.3 Å². The van der Waals surface area contributed by atoms with E-state index < -0.39 is 0 Å². The lowest BCUT2D eigenvalue weighted by Crippen LogP contribution is -2.17. The minimum Gasteiger partial charge on any atom is -0.466 e. The monoisotopic (exact) mass is 317 g/mol. The van der Waals surface area contributed by atoms with E-state index in [4.69, 9.17) is 22.1 Å². The Labute approximate surface area is 136 Å². The smallest absolute Gasteiger partial charge is 0.307 e. The number of benzene rings is 2. The van der Waals surface area contributed by atoms with Crippen LogP contribution in [0.5, 0.6) is 0 Å². The molecule has 2 rings (SSSR count). The normalized spacial score (nSPS) is 12.0. The van der Waals surface area contributed by atoms with Crippen molar-refractivity contribution in [2.75, 3.05) is 6.61 Å². The Bertz CT molecular complexity index is 670. The molecule has 0 aliphatic carbocycles. The Balaban J connectivity index is 2.28. The first kappa shape index (κ1) is 16.5. The maximum absolute atomic E-state index is 11.6. The van der Waals surface area contributed by atoms with Crippen LogP contribution in [0.1, 0.15) is 30.5 Å². The summed E-state index contributed by atoms with van der Waals surface area (Å²) < 4.78 is 4.95. The molecule has 3 nitrogen and oxygen atoms in total. The molecule has 22 heavy (non-hydrogen) atoms. The van der Waals surface area contributed by atoms with Gasteiger partial charge in [0.15, 0.2) is 0 Å². The van der Waals surface area contributed by atoms with E-state index in [1.54, 1.807) is 6.92 Å². The summed E-state index contributed by atoms with van der Waals surface area (Å²) in [5.74, 6) is -0.278. The number of ether oxygens (including phenoxy) is 1. The minimum absolute atomic E-state index is 0.173. The highest BCUT2D eigenvalue weighted by atomic mass is 35.5. The zero-order chi connectivity index (χ0) is 16.1. The molecule has 0 bridgehead atoms. The Hall–Kier alpha value is -1.84. The van der Waals surface area contributed by atoms with Crippen LogP contribution in [0, 0.1) is 6.92 Å². The molecule has 0 saturated heterocycles. The average Bonchev–Trinajstić information content (AvgIpc) is 2.47. The van der Waals surface area contributed by atoms with E-state index in [-0.39, 0.29) is 18.4 Å². The third kappa shape index (κ3) is 4.09. The predicted octanol–water partition coefficient (Wildman–Crippen LogP) is 4.27. The van der Waals surface area contributed by atoms with Crippen molar-refractivity contribution in [1.29, 1.82) is 0 Å². The maximum Gasteiger partial charge on any atom is 0.307 e. The average molecular weight is 318 g/mol. The lowest BCUT2D eigenvalue weighted by Gasteiger charge is -2.15. The van der Waals surface area contributed by atoms with E-state index >= 15 is 0 Å². The second-order valence-corrected chi connectivity index (χ2v) is 5.64. The summed E-state index contributed by atoms with van der Waals surface area (Å²) in [6.07, 6.45) is 0.173. The number of hydrogen-bond acceptors (Lipinski definition) is 3. The van der Waals surface area contributed by atoms with E-state index in [2.05, 4.69) is 0 Å². The molecule has 0 unspecified atom stereocenters. The van der Waals surface area contributed by atoms with Crippen molar-refractivity contribution < 1.29 is 9.53 Å². The van der Waals surface area contributed by atoms with Gasteiger partial charge in [-0.2, -0.15) is 0 Å². The van der Waals surface area contributed by atoms with Crippen molar-refractivity contribution in [3.05, 3.63) is 58.6 Å². The molecule has 0 saturated carbocycles. The fourth-order valence-electron chi connectivity index (χ4n) is 2.35. The standard InChI is InChI=1S/C18H20ClNO2/c1-3-22-18(21)11-17(20)14-8-7-12(2)16(10-14)13-5-4-6-15(19)9-13/h4-10,17H,3,11,20H2,1-2H3/t17-/m0/s1. The van der Waals surface area contributed by atoms with Crippen molar-refractivity contribution >= 4 is 17.6 Å². The molecule has 2 aromatic carbocycles. The van der Waals surface area contributed by atoms with Crippen LogP contribution in [-0.2, 0) is 9.53 Å². The molecule has 0 spiro atoms. The first-order valence-corrected chi connectivity index (χ1v) is 7.66. The molecule has 2 aromatic rings. The Kier molecular flexibility index (Phi) is 5.58. The molecule has 0 aromatic heterocycles. The van der Waals surface area contributed by atoms with Gasteiger partial charge in [-0.3, -0.25) is 4.79 Å². The quantitative estimate of drug-likeness (QED) is 0.838. The van der Waals surface area contributed by atoms with Crippen LogP contribution >= 0.6 is 11.6 Å². The summed E-state index contributed by atoms with van der Waals surface area (Å²) >= 11 is 6.07. The SMILES string of the molecule is CCOC(=O)C[C@H](N)c1ccc(C)c(-c2cccc(Cl)c2)c1. The molecule has 116 valence electrons. The van der Waals surface area contributed by atoms with Gasteiger partial charge in [-0.15, -0.1) is 0 Å². The van der Waals surface area contributed by atoms with Crippen molar-refractivity contribution in [2.24, 2.45) is 5.73 Å². The lowest BCUT2D eigenvalue weighted by atomic mass is 9.95. The number of hydrogen-bond donors (Lipinski definition) is 1. The maximum atomic E-state index is 11.6. The molecule has 4 heteroatoms. The molecule has 0 fully saturated rings. The van der Waals surface area contributed by atoms with Crippen LogP contribution in [0.15, 0.2) is 42.5 Å². The van der Waals surface area contributed by atoms with Gasteiger partial charge in [0.1, 0.15) is 0 Å². The van der Waals surface area contributed by atoms with Gasteiger partial charge in [-0.25, -0.2) is 0 Å². The summed E-state index contributed by atoms with van der Waals surface area (Å²) in [6.45, 7) is 4.19. The van der Waals surface area contributed by atoms with Crippen molar-refractivity contribution in [3.63, 3.8) is 0 Å². The Morgan fingerprint density at radius 2 is 2.05 bits per heavy atom. The number of nitrogens with two attached hydrogens (primary N) is 1. The third-order valence-electron chi connectivity index (χ3n) is 3.52. The summed E-state index contributed by atoms with van der Waals surface area (Å²) in [5.41, 5.74) is 10.3. The predicted molar refractivity (Wildman–Crippen MR) is 89.8 cm³/mol. The van der Waals surface area contributed by atoms with Crippen molar-refractivity contribution in [3.8, 4) is 11.1 Å². The molecule has 0 amide bonds. The fraction of sp³-hybridized carbons (Fsp3) is 0.278. The summed E-state index contributed by atoms with van der Waals surface area (Å²) in [7, 11) is 0. The molecule has 0 heterocycles. The molecular formula is C18H20ClNO2.